The number of hydrogen-bond acceptors (Lipinski definition) is 4. The predicted octanol–water partition coefficient (Wildman–Crippen LogP) is 4.26. The second-order valence-corrected chi connectivity index (χ2v) is 7.79. The van der Waals surface area contributed by atoms with E-state index in [1.807, 2.05) is 26.8 Å². The number of benzene rings is 1. The van der Waals surface area contributed by atoms with Crippen molar-refractivity contribution in [2.24, 2.45) is 5.92 Å². The molecule has 1 atom stereocenters. The second-order valence-electron chi connectivity index (χ2n) is 6.85. The van der Waals surface area contributed by atoms with Crippen LogP contribution in [-0.2, 0) is 11.2 Å². The Kier molecular flexibility index (Phi) is 7.00. The number of aromatic nitrogens is 2. The quantitative estimate of drug-likeness (QED) is 0.594. The molecule has 0 bridgehead atoms. The topological polar surface area (TPSA) is 54.9 Å². The number of nitrogens with zero attached hydrogens (tertiary/aromatic N) is 2. The van der Waals surface area contributed by atoms with Gasteiger partial charge in [0.1, 0.15) is 0 Å². The maximum Gasteiger partial charge on any atom is 0.230 e. The zero-order chi connectivity index (χ0) is 18.4. The fourth-order valence-corrected chi connectivity index (χ4v) is 3.43. The summed E-state index contributed by atoms with van der Waals surface area (Å²) in [5.74, 6) is 0.956. The first kappa shape index (κ1) is 19.4. The number of aryl methyl sites for hydroxylation is 2. The van der Waals surface area contributed by atoms with Crippen LogP contribution in [-0.4, -0.2) is 21.6 Å². The molecule has 1 aromatic carbocycles. The van der Waals surface area contributed by atoms with Crippen LogP contribution in [0.5, 0.6) is 0 Å². The smallest absolute Gasteiger partial charge is 0.230 e. The third kappa shape index (κ3) is 6.50. The van der Waals surface area contributed by atoms with Crippen molar-refractivity contribution in [2.75, 3.05) is 5.75 Å². The summed E-state index contributed by atoms with van der Waals surface area (Å²) < 4.78 is 0. The molecular formula is C20H27N3OS. The maximum atomic E-state index is 12.2. The van der Waals surface area contributed by atoms with E-state index in [1.165, 1.54) is 17.3 Å². The summed E-state index contributed by atoms with van der Waals surface area (Å²) >= 11 is 1.37. The molecule has 1 heterocycles. The summed E-state index contributed by atoms with van der Waals surface area (Å²) in [4.78, 5) is 20.9. The van der Waals surface area contributed by atoms with Crippen molar-refractivity contribution in [3.63, 3.8) is 0 Å². The summed E-state index contributed by atoms with van der Waals surface area (Å²) in [7, 11) is 0. The lowest BCUT2D eigenvalue weighted by atomic mass is 10.00. The monoisotopic (exact) mass is 357 g/mol. The van der Waals surface area contributed by atoms with Gasteiger partial charge in [-0.3, -0.25) is 4.79 Å². The van der Waals surface area contributed by atoms with Gasteiger partial charge >= 0.3 is 0 Å². The van der Waals surface area contributed by atoms with Crippen LogP contribution in [0.25, 0.3) is 0 Å². The molecular weight excluding hydrogens is 330 g/mol. The second kappa shape index (κ2) is 8.99. The Bertz CT molecular complexity index is 693. The van der Waals surface area contributed by atoms with Crippen LogP contribution in [0.3, 0.4) is 0 Å². The highest BCUT2D eigenvalue weighted by Gasteiger charge is 2.11. The number of nitrogens with one attached hydrogen (secondary N) is 1. The largest absolute Gasteiger partial charge is 0.349 e. The van der Waals surface area contributed by atoms with Gasteiger partial charge in [0.2, 0.25) is 5.91 Å². The van der Waals surface area contributed by atoms with Crippen LogP contribution >= 0.6 is 11.8 Å². The highest BCUT2D eigenvalue weighted by atomic mass is 32.2. The summed E-state index contributed by atoms with van der Waals surface area (Å²) in [6, 6.07) is 10.4. The van der Waals surface area contributed by atoms with Crippen molar-refractivity contribution in [1.82, 2.24) is 15.3 Å². The average Bonchev–Trinajstić information content (AvgIpc) is 2.52. The Labute approximate surface area is 154 Å². The van der Waals surface area contributed by atoms with E-state index >= 15 is 0 Å². The molecule has 1 N–H and O–H groups in total. The molecule has 0 spiro atoms. The molecule has 4 nitrogen and oxygen atoms in total. The molecule has 0 saturated heterocycles. The minimum absolute atomic E-state index is 0.00786. The van der Waals surface area contributed by atoms with Crippen molar-refractivity contribution in [3.8, 4) is 0 Å². The first-order valence-corrected chi connectivity index (χ1v) is 9.65. The fraction of sp³-hybridized carbons (Fsp3) is 0.450. The predicted molar refractivity (Wildman–Crippen MR) is 104 cm³/mol. The first-order chi connectivity index (χ1) is 11.8. The van der Waals surface area contributed by atoms with E-state index in [2.05, 4.69) is 53.4 Å². The first-order valence-electron chi connectivity index (χ1n) is 8.66. The molecule has 5 heteroatoms. The summed E-state index contributed by atoms with van der Waals surface area (Å²) in [6.45, 7) is 10.3. The van der Waals surface area contributed by atoms with Gasteiger partial charge in [-0.05, 0) is 50.3 Å². The molecule has 0 aliphatic rings. The van der Waals surface area contributed by atoms with E-state index < -0.39 is 0 Å². The Hall–Kier alpha value is -1.88. The minimum atomic E-state index is -0.0126. The number of hydrogen-bond donors (Lipinski definition) is 1. The van der Waals surface area contributed by atoms with Gasteiger partial charge in [-0.15, -0.1) is 0 Å². The van der Waals surface area contributed by atoms with Crippen LogP contribution in [0.1, 0.15) is 49.3 Å². The van der Waals surface area contributed by atoms with Crippen LogP contribution in [0.4, 0.5) is 0 Å². The van der Waals surface area contributed by atoms with E-state index in [0.29, 0.717) is 16.8 Å². The van der Waals surface area contributed by atoms with Crippen molar-refractivity contribution < 1.29 is 4.79 Å². The molecule has 0 saturated carbocycles. The molecule has 2 aromatic rings. The maximum absolute atomic E-state index is 12.2. The van der Waals surface area contributed by atoms with Crippen molar-refractivity contribution in [2.45, 2.75) is 52.2 Å². The highest BCUT2D eigenvalue weighted by molar-refractivity contribution is 7.99. The fourth-order valence-electron chi connectivity index (χ4n) is 2.67. The third-order valence-electron chi connectivity index (χ3n) is 3.80. The summed E-state index contributed by atoms with van der Waals surface area (Å²) in [6.07, 6.45) is 1.08. The molecule has 25 heavy (non-hydrogen) atoms. The normalized spacial score (nSPS) is 12.2. The van der Waals surface area contributed by atoms with Crippen molar-refractivity contribution in [3.05, 3.63) is 52.8 Å². The van der Waals surface area contributed by atoms with Gasteiger partial charge in [0.05, 0.1) is 11.8 Å². The van der Waals surface area contributed by atoms with E-state index in [0.717, 1.165) is 23.4 Å². The van der Waals surface area contributed by atoms with Crippen molar-refractivity contribution in [1.29, 1.82) is 0 Å². The van der Waals surface area contributed by atoms with Gasteiger partial charge in [0.15, 0.2) is 5.16 Å². The molecule has 1 unspecified atom stereocenters. The summed E-state index contributed by atoms with van der Waals surface area (Å²) in [5, 5.41) is 3.69. The molecule has 0 aliphatic carbocycles. The van der Waals surface area contributed by atoms with E-state index in [1.54, 1.807) is 0 Å². The van der Waals surface area contributed by atoms with E-state index in [4.69, 9.17) is 0 Å². The average molecular weight is 358 g/mol. The molecule has 0 aliphatic heterocycles. The lowest BCUT2D eigenvalue weighted by Crippen LogP contribution is -2.28. The zero-order valence-electron chi connectivity index (χ0n) is 15.7. The number of carbonyl (C=O) groups is 1. The Morgan fingerprint density at radius 1 is 1.08 bits per heavy atom. The molecule has 0 fully saturated rings. The third-order valence-corrected chi connectivity index (χ3v) is 4.64. The zero-order valence-corrected chi connectivity index (χ0v) is 16.5. The molecule has 0 radical (unpaired) electrons. The van der Waals surface area contributed by atoms with E-state index in [-0.39, 0.29) is 11.9 Å². The van der Waals surface area contributed by atoms with Gasteiger partial charge in [-0.2, -0.15) is 0 Å². The Morgan fingerprint density at radius 2 is 1.68 bits per heavy atom. The molecule has 134 valence electrons. The summed E-state index contributed by atoms with van der Waals surface area (Å²) in [5.41, 5.74) is 4.30. The van der Waals surface area contributed by atoms with Gasteiger partial charge in [-0.1, -0.05) is 49.9 Å². The van der Waals surface area contributed by atoms with Gasteiger partial charge in [-0.25, -0.2) is 9.97 Å². The number of amides is 1. The molecule has 1 aromatic heterocycles. The van der Waals surface area contributed by atoms with Crippen LogP contribution in [0, 0.1) is 19.8 Å². The molecule has 2 rings (SSSR count). The number of rotatable bonds is 7. The minimum Gasteiger partial charge on any atom is -0.349 e. The van der Waals surface area contributed by atoms with Crippen LogP contribution < -0.4 is 5.32 Å². The van der Waals surface area contributed by atoms with Gasteiger partial charge in [0, 0.05) is 11.4 Å². The van der Waals surface area contributed by atoms with E-state index in [9.17, 15) is 4.79 Å². The lowest BCUT2D eigenvalue weighted by Gasteiger charge is -2.15. The highest BCUT2D eigenvalue weighted by Crippen LogP contribution is 2.17. The standard InChI is InChI=1S/C20H27N3OS/c1-13(2)10-17-6-8-18(9-7-17)16(5)23-19(24)12-25-20-21-14(3)11-15(4)22-20/h6-9,11,13,16H,10,12H2,1-5H3,(H,23,24). The lowest BCUT2D eigenvalue weighted by molar-refractivity contribution is -0.119. The molecule has 1 amide bonds. The Balaban J connectivity index is 1.87. The van der Waals surface area contributed by atoms with Gasteiger partial charge in [0.25, 0.3) is 0 Å². The van der Waals surface area contributed by atoms with Crippen LogP contribution in [0.15, 0.2) is 35.5 Å². The number of thioether (sulfide) groups is 1. The Morgan fingerprint density at radius 3 is 2.24 bits per heavy atom. The number of carbonyl (C=O) groups excluding carboxylic acids is 1. The SMILES string of the molecule is Cc1cc(C)nc(SCC(=O)NC(C)c2ccc(CC(C)C)cc2)n1. The van der Waals surface area contributed by atoms with Crippen molar-refractivity contribution >= 4 is 17.7 Å². The van der Waals surface area contributed by atoms with Crippen LogP contribution in [0.2, 0.25) is 0 Å². The van der Waals surface area contributed by atoms with Gasteiger partial charge < -0.3 is 5.32 Å².